The van der Waals surface area contributed by atoms with Gasteiger partial charge in [-0.1, -0.05) is 24.3 Å². The molecule has 0 saturated carbocycles. The molecule has 0 aromatic heterocycles. The normalized spacial score (nSPS) is 18.9. The monoisotopic (exact) mass is 242 g/mol. The molecule has 90 valence electrons. The molecule has 0 saturated heterocycles. The van der Waals surface area contributed by atoms with Crippen molar-refractivity contribution in [3.8, 4) is 0 Å². The first kappa shape index (κ1) is 10.9. The zero-order valence-electron chi connectivity index (χ0n) is 9.77. The minimum atomic E-state index is -0.385. The van der Waals surface area contributed by atoms with E-state index >= 15 is 0 Å². The highest BCUT2D eigenvalue weighted by molar-refractivity contribution is 6.18. The molecular weight excluding hydrogens is 231 g/mol. The van der Waals surface area contributed by atoms with Gasteiger partial charge in [-0.25, -0.2) is 4.39 Å². The number of fused-ring (bicyclic) bond motifs is 1. The van der Waals surface area contributed by atoms with Crippen LogP contribution in [0.25, 0.3) is 10.8 Å². The molecule has 0 fully saturated rings. The van der Waals surface area contributed by atoms with Gasteiger partial charge < -0.3 is 5.32 Å². The molecule has 1 atom stereocenters. The van der Waals surface area contributed by atoms with Crippen molar-refractivity contribution in [2.24, 2.45) is 4.99 Å². The third kappa shape index (κ3) is 1.57. The van der Waals surface area contributed by atoms with Gasteiger partial charge in [0, 0.05) is 10.9 Å². The van der Waals surface area contributed by atoms with E-state index in [4.69, 9.17) is 0 Å². The molecule has 1 aliphatic heterocycles. The summed E-state index contributed by atoms with van der Waals surface area (Å²) in [5, 5.41) is 4.01. The van der Waals surface area contributed by atoms with Crippen molar-refractivity contribution in [3.05, 3.63) is 47.8 Å². The Balaban J connectivity index is 2.22. The maximum absolute atomic E-state index is 13.7. The van der Waals surface area contributed by atoms with E-state index in [2.05, 4.69) is 10.3 Å². The third-order valence-electron chi connectivity index (χ3n) is 3.07. The average Bonchev–Trinajstić information content (AvgIpc) is 2.70. The number of nitrogens with zero attached hydrogens (tertiary/aromatic N) is 1. The predicted octanol–water partition coefficient (Wildman–Crippen LogP) is 2.24. The van der Waals surface area contributed by atoms with Crippen molar-refractivity contribution in [3.63, 3.8) is 0 Å². The summed E-state index contributed by atoms with van der Waals surface area (Å²) in [7, 11) is 0. The Bertz CT molecular complexity index is 679. The summed E-state index contributed by atoms with van der Waals surface area (Å²) in [6.45, 7) is 1.73. The molecule has 0 radical (unpaired) electrons. The maximum Gasteiger partial charge on any atom is 0.250 e. The molecule has 18 heavy (non-hydrogen) atoms. The minimum absolute atomic E-state index is 0.126. The van der Waals surface area contributed by atoms with E-state index in [9.17, 15) is 9.18 Å². The first-order chi connectivity index (χ1) is 8.66. The summed E-state index contributed by atoms with van der Waals surface area (Å²) in [6, 6.07) is 9.83. The number of amidine groups is 1. The molecule has 0 aliphatic carbocycles. The van der Waals surface area contributed by atoms with Crippen LogP contribution in [0.2, 0.25) is 0 Å². The van der Waals surface area contributed by atoms with Crippen LogP contribution < -0.4 is 5.32 Å². The number of hydrogen-bond acceptors (Lipinski definition) is 2. The fourth-order valence-electron chi connectivity index (χ4n) is 2.11. The molecule has 1 heterocycles. The SMILES string of the molecule is CC1N=C(c2ccc(F)c3ccccc23)NC1=O. The second-order valence-electron chi connectivity index (χ2n) is 4.28. The van der Waals surface area contributed by atoms with Gasteiger partial charge in [-0.15, -0.1) is 0 Å². The molecule has 3 rings (SSSR count). The van der Waals surface area contributed by atoms with E-state index in [1.165, 1.54) is 6.07 Å². The van der Waals surface area contributed by atoms with Crippen LogP contribution in [0.3, 0.4) is 0 Å². The average molecular weight is 242 g/mol. The lowest BCUT2D eigenvalue weighted by Gasteiger charge is -2.07. The maximum atomic E-state index is 13.7. The molecule has 2 aromatic carbocycles. The van der Waals surface area contributed by atoms with Gasteiger partial charge in [0.15, 0.2) is 0 Å². The molecule has 3 nitrogen and oxygen atoms in total. The van der Waals surface area contributed by atoms with Crippen LogP contribution in [0, 0.1) is 5.82 Å². The van der Waals surface area contributed by atoms with Crippen LogP contribution in [-0.4, -0.2) is 17.8 Å². The highest BCUT2D eigenvalue weighted by Crippen LogP contribution is 2.23. The first-order valence-electron chi connectivity index (χ1n) is 5.73. The topological polar surface area (TPSA) is 41.5 Å². The van der Waals surface area contributed by atoms with E-state index in [0.29, 0.717) is 11.2 Å². The zero-order valence-corrected chi connectivity index (χ0v) is 9.77. The van der Waals surface area contributed by atoms with E-state index in [0.717, 1.165) is 10.9 Å². The van der Waals surface area contributed by atoms with Crippen LogP contribution in [0.4, 0.5) is 4.39 Å². The Hall–Kier alpha value is -2.23. The van der Waals surface area contributed by atoms with E-state index in [-0.39, 0.29) is 17.8 Å². The molecule has 1 N–H and O–H groups in total. The summed E-state index contributed by atoms with van der Waals surface area (Å²) in [6.07, 6.45) is 0. The fourth-order valence-corrected chi connectivity index (χ4v) is 2.11. The van der Waals surface area contributed by atoms with Crippen LogP contribution in [0.5, 0.6) is 0 Å². The van der Waals surface area contributed by atoms with Crippen LogP contribution in [0.15, 0.2) is 41.4 Å². The van der Waals surface area contributed by atoms with E-state index in [1.54, 1.807) is 25.1 Å². The Morgan fingerprint density at radius 3 is 2.56 bits per heavy atom. The quantitative estimate of drug-likeness (QED) is 0.818. The Morgan fingerprint density at radius 1 is 1.17 bits per heavy atom. The number of rotatable bonds is 1. The standard InChI is InChI=1S/C14H11FN2O/c1-8-14(18)17-13(16-8)11-6-7-12(15)10-5-3-2-4-9(10)11/h2-8H,1H3,(H,16,17,18). The lowest BCUT2D eigenvalue weighted by Crippen LogP contribution is -2.28. The van der Waals surface area contributed by atoms with Crippen LogP contribution in [0.1, 0.15) is 12.5 Å². The number of amides is 1. The summed E-state index contributed by atoms with van der Waals surface area (Å²) in [5.74, 6) is 0.120. The van der Waals surface area contributed by atoms with Gasteiger partial charge in [-0.3, -0.25) is 9.79 Å². The predicted molar refractivity (Wildman–Crippen MR) is 68.0 cm³/mol. The molecule has 0 bridgehead atoms. The van der Waals surface area contributed by atoms with Crippen molar-refractivity contribution in [2.75, 3.05) is 0 Å². The molecule has 1 unspecified atom stereocenters. The van der Waals surface area contributed by atoms with Gasteiger partial charge in [-0.2, -0.15) is 0 Å². The van der Waals surface area contributed by atoms with Crippen molar-refractivity contribution >= 4 is 22.5 Å². The number of halogens is 1. The second-order valence-corrected chi connectivity index (χ2v) is 4.28. The summed E-state index contributed by atoms with van der Waals surface area (Å²) in [5.41, 5.74) is 0.754. The molecule has 1 aliphatic rings. The molecule has 0 spiro atoms. The highest BCUT2D eigenvalue weighted by atomic mass is 19.1. The van der Waals surface area contributed by atoms with Gasteiger partial charge in [0.05, 0.1) is 0 Å². The molecular formula is C14H11FN2O. The Morgan fingerprint density at radius 2 is 1.89 bits per heavy atom. The lowest BCUT2D eigenvalue weighted by atomic mass is 10.0. The summed E-state index contributed by atoms with van der Waals surface area (Å²) >= 11 is 0. The number of nitrogens with one attached hydrogen (secondary N) is 1. The number of hydrogen-bond donors (Lipinski definition) is 1. The Kier molecular flexibility index (Phi) is 2.37. The minimum Gasteiger partial charge on any atom is -0.309 e. The molecule has 2 aromatic rings. The van der Waals surface area contributed by atoms with E-state index < -0.39 is 0 Å². The fraction of sp³-hybridized carbons (Fsp3) is 0.143. The smallest absolute Gasteiger partial charge is 0.250 e. The second kappa shape index (κ2) is 3.91. The van der Waals surface area contributed by atoms with Crippen molar-refractivity contribution in [1.82, 2.24) is 5.32 Å². The third-order valence-corrected chi connectivity index (χ3v) is 3.07. The van der Waals surface area contributed by atoms with Crippen LogP contribution >= 0.6 is 0 Å². The van der Waals surface area contributed by atoms with Crippen molar-refractivity contribution in [1.29, 1.82) is 0 Å². The number of aliphatic imine (C=N–C) groups is 1. The number of carbonyl (C=O) groups excluding carboxylic acids is 1. The summed E-state index contributed by atoms with van der Waals surface area (Å²) < 4.78 is 13.7. The molecule has 4 heteroatoms. The summed E-state index contributed by atoms with van der Waals surface area (Å²) in [4.78, 5) is 15.7. The number of carbonyl (C=O) groups is 1. The van der Waals surface area contributed by atoms with Crippen molar-refractivity contribution in [2.45, 2.75) is 13.0 Å². The van der Waals surface area contributed by atoms with Gasteiger partial charge in [0.1, 0.15) is 17.7 Å². The van der Waals surface area contributed by atoms with Crippen molar-refractivity contribution < 1.29 is 9.18 Å². The molecule has 1 amide bonds. The largest absolute Gasteiger partial charge is 0.309 e. The van der Waals surface area contributed by atoms with Gasteiger partial charge >= 0.3 is 0 Å². The highest BCUT2D eigenvalue weighted by Gasteiger charge is 2.23. The lowest BCUT2D eigenvalue weighted by molar-refractivity contribution is -0.119. The zero-order chi connectivity index (χ0) is 12.7. The van der Waals surface area contributed by atoms with Gasteiger partial charge in [-0.05, 0) is 24.4 Å². The number of benzene rings is 2. The van der Waals surface area contributed by atoms with Gasteiger partial charge in [0.2, 0.25) is 5.91 Å². The van der Waals surface area contributed by atoms with Crippen LogP contribution in [-0.2, 0) is 4.79 Å². The van der Waals surface area contributed by atoms with E-state index in [1.807, 2.05) is 12.1 Å². The Labute approximate surface area is 103 Å². The van der Waals surface area contributed by atoms with Gasteiger partial charge in [0.25, 0.3) is 0 Å². The first-order valence-corrected chi connectivity index (χ1v) is 5.73.